The van der Waals surface area contributed by atoms with Crippen LogP contribution in [0.25, 0.3) is 0 Å². The number of ether oxygens (including phenoxy) is 2. The predicted molar refractivity (Wildman–Crippen MR) is 117 cm³/mol. The van der Waals surface area contributed by atoms with Gasteiger partial charge in [-0.25, -0.2) is 0 Å². The molecule has 0 unspecified atom stereocenters. The molecule has 1 heterocycles. The van der Waals surface area contributed by atoms with E-state index in [-0.39, 0.29) is 17.9 Å². The third-order valence-electron chi connectivity index (χ3n) is 5.71. The van der Waals surface area contributed by atoms with Gasteiger partial charge < -0.3 is 18.1 Å². The Balaban J connectivity index is 2.16. The highest BCUT2D eigenvalue weighted by Crippen LogP contribution is 2.37. The molecule has 1 aromatic rings. The van der Waals surface area contributed by atoms with Crippen molar-refractivity contribution < 1.29 is 39.7 Å². The van der Waals surface area contributed by atoms with Crippen LogP contribution in [-0.4, -0.2) is 41.7 Å². The second kappa shape index (κ2) is 9.74. The minimum atomic E-state index is -5.81. The van der Waals surface area contributed by atoms with Crippen molar-refractivity contribution in [1.29, 1.82) is 0 Å². The van der Waals surface area contributed by atoms with Gasteiger partial charge in [0.25, 0.3) is 0 Å². The van der Waals surface area contributed by atoms with Crippen molar-refractivity contribution in [3.05, 3.63) is 42.2 Å². The van der Waals surface area contributed by atoms with Crippen LogP contribution in [0.5, 0.6) is 5.75 Å². The Bertz CT molecular complexity index is 886. The smallest absolute Gasteiger partial charge is 0.534 e. The van der Waals surface area contributed by atoms with Gasteiger partial charge in [-0.15, -0.1) is 0 Å². The molecule has 0 spiro atoms. The minimum absolute atomic E-state index is 0.0249. The zero-order valence-electron chi connectivity index (χ0n) is 19.0. The molecule has 1 aromatic carbocycles. The van der Waals surface area contributed by atoms with Crippen molar-refractivity contribution in [3.8, 4) is 5.75 Å². The summed E-state index contributed by atoms with van der Waals surface area (Å²) in [7, 11) is -7.83. The number of rotatable bonds is 9. The lowest BCUT2D eigenvalue weighted by Gasteiger charge is -2.36. The Morgan fingerprint density at radius 3 is 2.16 bits per heavy atom. The Hall–Kier alpha value is -1.56. The summed E-state index contributed by atoms with van der Waals surface area (Å²) in [5.41, 5.74) is -4.78. The number of hydrogen-bond donors (Lipinski definition) is 0. The van der Waals surface area contributed by atoms with Crippen molar-refractivity contribution in [2.75, 3.05) is 13.2 Å². The zero-order valence-corrected chi connectivity index (χ0v) is 20.8. The molecule has 0 bridgehead atoms. The number of allylic oxidation sites excluding steroid dienone is 1. The highest BCUT2D eigenvalue weighted by molar-refractivity contribution is 7.87. The van der Waals surface area contributed by atoms with Crippen LogP contribution < -0.4 is 4.43 Å². The first-order valence-electron chi connectivity index (χ1n) is 10.2. The molecule has 1 aliphatic rings. The largest absolute Gasteiger partial charge is 0.544 e. The third-order valence-corrected chi connectivity index (χ3v) is 11.1. The third kappa shape index (κ3) is 6.97. The first-order chi connectivity index (χ1) is 14.5. The van der Waals surface area contributed by atoms with Crippen LogP contribution in [0.4, 0.5) is 13.2 Å². The molecule has 6 nitrogen and oxygen atoms in total. The summed E-state index contributed by atoms with van der Waals surface area (Å²) < 4.78 is 82.3. The molecule has 182 valence electrons. The molecule has 1 saturated heterocycles. The van der Waals surface area contributed by atoms with Crippen molar-refractivity contribution in [3.63, 3.8) is 0 Å². The van der Waals surface area contributed by atoms with Crippen LogP contribution >= 0.6 is 0 Å². The fourth-order valence-electron chi connectivity index (χ4n) is 2.79. The molecule has 32 heavy (non-hydrogen) atoms. The quantitative estimate of drug-likeness (QED) is 0.198. The lowest BCUT2D eigenvalue weighted by molar-refractivity contribution is -0.0599. The van der Waals surface area contributed by atoms with Gasteiger partial charge in [0.1, 0.15) is 11.5 Å². The standard InChI is InChI=1S/C21H31F3O6SSi/c1-15(29-31(25,26)21(22,23)24)17(14-19-27-11-12-28-19)13-16-7-9-18(10-8-16)30-32(5,6)20(2,3)4/h7-10,17,19H,1,11-14H2,2-6H3/t17-/m0/s1. The van der Waals surface area contributed by atoms with Crippen LogP contribution in [0.2, 0.25) is 18.1 Å². The van der Waals surface area contributed by atoms with E-state index in [1.54, 1.807) is 24.3 Å². The van der Waals surface area contributed by atoms with Gasteiger partial charge in [-0.1, -0.05) is 39.5 Å². The SMILES string of the molecule is C=C(OS(=O)(=O)C(F)(F)F)[C@@H](Cc1ccc(O[Si](C)(C)C(C)(C)C)cc1)CC1OCCO1. The molecule has 0 radical (unpaired) electrons. The van der Waals surface area contributed by atoms with Gasteiger partial charge >= 0.3 is 15.6 Å². The number of benzene rings is 1. The lowest BCUT2D eigenvalue weighted by Crippen LogP contribution is -2.43. The normalized spacial score (nSPS) is 17.2. The predicted octanol–water partition coefficient (Wildman–Crippen LogP) is 5.37. The van der Waals surface area contributed by atoms with Crippen molar-refractivity contribution >= 4 is 18.4 Å². The Morgan fingerprint density at radius 1 is 1.16 bits per heavy atom. The zero-order chi connectivity index (χ0) is 24.4. The summed E-state index contributed by atoms with van der Waals surface area (Å²) in [5, 5.41) is 0.0249. The maximum Gasteiger partial charge on any atom is 0.534 e. The Morgan fingerprint density at radius 2 is 1.69 bits per heavy atom. The minimum Gasteiger partial charge on any atom is -0.544 e. The highest BCUT2D eigenvalue weighted by Gasteiger charge is 2.49. The first-order valence-corrected chi connectivity index (χ1v) is 14.5. The second-order valence-electron chi connectivity index (χ2n) is 9.26. The molecule has 11 heteroatoms. The van der Waals surface area contributed by atoms with Crippen LogP contribution in [0, 0.1) is 5.92 Å². The summed E-state index contributed by atoms with van der Waals surface area (Å²) in [6, 6.07) is 7.17. The molecule has 1 aliphatic heterocycles. The van der Waals surface area contributed by atoms with E-state index in [1.807, 2.05) is 0 Å². The van der Waals surface area contributed by atoms with Gasteiger partial charge in [0.2, 0.25) is 8.32 Å². The molecule has 1 fully saturated rings. The molecule has 0 amide bonds. The van der Waals surface area contributed by atoms with Crippen LogP contribution in [0.1, 0.15) is 32.8 Å². The van der Waals surface area contributed by atoms with E-state index in [0.29, 0.717) is 19.0 Å². The topological polar surface area (TPSA) is 71.1 Å². The molecule has 0 aliphatic carbocycles. The van der Waals surface area contributed by atoms with E-state index >= 15 is 0 Å². The summed E-state index contributed by atoms with van der Waals surface area (Å²) in [4.78, 5) is 0. The monoisotopic (exact) mass is 496 g/mol. The van der Waals surface area contributed by atoms with E-state index in [0.717, 1.165) is 5.56 Å². The van der Waals surface area contributed by atoms with E-state index in [2.05, 4.69) is 44.6 Å². The molecular formula is C21H31F3O6SSi. The van der Waals surface area contributed by atoms with E-state index in [9.17, 15) is 21.6 Å². The highest BCUT2D eigenvalue weighted by atomic mass is 32.2. The number of hydrogen-bond acceptors (Lipinski definition) is 6. The van der Waals surface area contributed by atoms with Crippen LogP contribution in [-0.2, 0) is 30.2 Å². The first kappa shape index (κ1) is 26.7. The summed E-state index contributed by atoms with van der Waals surface area (Å²) >= 11 is 0. The van der Waals surface area contributed by atoms with Gasteiger partial charge in [-0.2, -0.15) is 21.6 Å². The molecule has 0 aromatic heterocycles. The fourth-order valence-corrected chi connectivity index (χ4v) is 4.33. The fraction of sp³-hybridized carbons (Fsp3) is 0.619. The van der Waals surface area contributed by atoms with E-state index < -0.39 is 41.9 Å². The maximum absolute atomic E-state index is 12.7. The average molecular weight is 497 g/mol. The summed E-state index contributed by atoms with van der Waals surface area (Å²) in [5.74, 6) is -0.584. The summed E-state index contributed by atoms with van der Waals surface area (Å²) in [6.45, 7) is 14.8. The van der Waals surface area contributed by atoms with Gasteiger partial charge in [0.05, 0.1) is 13.2 Å². The molecule has 1 atom stereocenters. The van der Waals surface area contributed by atoms with Crippen molar-refractivity contribution in [2.24, 2.45) is 5.92 Å². The molecular weight excluding hydrogens is 465 g/mol. The second-order valence-corrected chi connectivity index (χ2v) is 15.5. The molecule has 2 rings (SSSR count). The lowest BCUT2D eigenvalue weighted by atomic mass is 9.94. The molecule has 0 N–H and O–H groups in total. The van der Waals surface area contributed by atoms with Crippen molar-refractivity contribution in [2.45, 2.75) is 63.5 Å². The van der Waals surface area contributed by atoms with E-state index in [4.69, 9.17) is 13.9 Å². The van der Waals surface area contributed by atoms with Gasteiger partial charge in [-0.3, -0.25) is 0 Å². The summed E-state index contributed by atoms with van der Waals surface area (Å²) in [6.07, 6.45) is -0.375. The Labute approximate surface area is 188 Å². The number of halogens is 3. The van der Waals surface area contributed by atoms with Gasteiger partial charge in [0.15, 0.2) is 6.29 Å². The van der Waals surface area contributed by atoms with Crippen LogP contribution in [0.15, 0.2) is 36.6 Å². The maximum atomic E-state index is 12.7. The Kier molecular flexibility index (Phi) is 8.12. The average Bonchev–Trinajstić information content (AvgIpc) is 3.13. The van der Waals surface area contributed by atoms with E-state index in [1.165, 1.54) is 0 Å². The number of alkyl halides is 3. The molecule has 0 saturated carbocycles. The van der Waals surface area contributed by atoms with Crippen LogP contribution in [0.3, 0.4) is 0 Å². The van der Waals surface area contributed by atoms with Gasteiger partial charge in [0, 0.05) is 12.3 Å². The van der Waals surface area contributed by atoms with Gasteiger partial charge in [-0.05, 0) is 42.2 Å². The van der Waals surface area contributed by atoms with Crippen molar-refractivity contribution in [1.82, 2.24) is 0 Å².